The standard InChI is InChI=1S/C24H27Cl2N2O9P/c1-15(2)35-21(31)16(3)14-38(33,37-17-7-5-4-6-8-17)34-13-18-20(30)24(26,10-11-25)22(36-18)28-12-9-19(29)27-23(28)32/h4-9,12,15-16,18,20,22,30H,13-14H2,1-3H3,(H,27,29,32)/t16-,18-,20+,22-,24?,38+/m1/s1. The van der Waals surface area contributed by atoms with Crippen molar-refractivity contribution in [1.29, 1.82) is 0 Å². The fraction of sp³-hybridized carbons (Fsp3) is 0.458. The van der Waals surface area contributed by atoms with Crippen LogP contribution in [0.1, 0.15) is 27.0 Å². The number of benzene rings is 1. The summed E-state index contributed by atoms with van der Waals surface area (Å²) >= 11 is 12.1. The first-order valence-electron chi connectivity index (χ1n) is 11.5. The maximum atomic E-state index is 13.8. The summed E-state index contributed by atoms with van der Waals surface area (Å²) in [5, 5.41) is 13.1. The second-order valence-electron chi connectivity index (χ2n) is 8.86. The van der Waals surface area contributed by atoms with Gasteiger partial charge in [0, 0.05) is 17.6 Å². The molecule has 0 radical (unpaired) electrons. The smallest absolute Gasteiger partial charge is 0.380 e. The van der Waals surface area contributed by atoms with Gasteiger partial charge in [0.15, 0.2) is 11.1 Å². The van der Waals surface area contributed by atoms with E-state index in [0.717, 1.165) is 16.8 Å². The van der Waals surface area contributed by atoms with Crippen LogP contribution in [0.25, 0.3) is 0 Å². The Morgan fingerprint density at radius 2 is 1.95 bits per heavy atom. The Hall–Kier alpha value is -2.58. The molecule has 14 heteroatoms. The molecule has 0 spiro atoms. The molecule has 6 atom stereocenters. The van der Waals surface area contributed by atoms with Crippen LogP contribution >= 0.6 is 30.8 Å². The molecule has 0 bridgehead atoms. The molecule has 2 N–H and O–H groups in total. The van der Waals surface area contributed by atoms with Crippen LogP contribution in [0.3, 0.4) is 0 Å². The average molecular weight is 589 g/mol. The number of H-pyrrole nitrogens is 1. The number of aromatic amines is 1. The summed E-state index contributed by atoms with van der Waals surface area (Å²) in [6, 6.07) is 9.25. The summed E-state index contributed by atoms with van der Waals surface area (Å²) in [6.45, 7) is 4.37. The lowest BCUT2D eigenvalue weighted by molar-refractivity contribution is -0.151. The number of aliphatic hydroxyl groups excluding tert-OH is 1. The Kier molecular flexibility index (Phi) is 9.87. The molecular weight excluding hydrogens is 562 g/mol. The van der Waals surface area contributed by atoms with Crippen molar-refractivity contribution in [1.82, 2.24) is 9.55 Å². The maximum absolute atomic E-state index is 13.8. The van der Waals surface area contributed by atoms with Gasteiger partial charge >= 0.3 is 19.3 Å². The number of aromatic nitrogens is 2. The van der Waals surface area contributed by atoms with Gasteiger partial charge < -0.3 is 19.1 Å². The molecule has 1 aromatic heterocycles. The number of nitrogens with one attached hydrogen (secondary N) is 1. The van der Waals surface area contributed by atoms with E-state index in [4.69, 9.17) is 41.7 Å². The first kappa shape index (κ1) is 30.0. The van der Waals surface area contributed by atoms with Crippen molar-refractivity contribution in [3.63, 3.8) is 0 Å². The summed E-state index contributed by atoms with van der Waals surface area (Å²) in [5.74, 6) is 1.21. The van der Waals surface area contributed by atoms with E-state index >= 15 is 0 Å². The molecule has 0 amide bonds. The fourth-order valence-corrected chi connectivity index (χ4v) is 6.10. The third-order valence-corrected chi connectivity index (χ3v) is 8.09. The first-order chi connectivity index (χ1) is 17.9. The molecule has 206 valence electrons. The van der Waals surface area contributed by atoms with E-state index < -0.39 is 60.6 Å². The largest absolute Gasteiger partial charge is 0.463 e. The highest BCUT2D eigenvalue weighted by Gasteiger charge is 2.56. The number of halogens is 2. The van der Waals surface area contributed by atoms with Crippen LogP contribution in [0.5, 0.6) is 5.75 Å². The van der Waals surface area contributed by atoms with E-state index in [-0.39, 0.29) is 18.0 Å². The number of ether oxygens (including phenoxy) is 2. The average Bonchev–Trinajstić information content (AvgIpc) is 3.08. The molecule has 3 rings (SSSR count). The van der Waals surface area contributed by atoms with Crippen molar-refractivity contribution in [3.05, 3.63) is 63.4 Å². The number of carbonyl (C=O) groups is 1. The highest BCUT2D eigenvalue weighted by atomic mass is 35.5. The molecule has 1 unspecified atom stereocenters. The van der Waals surface area contributed by atoms with Crippen molar-refractivity contribution in [2.24, 2.45) is 5.92 Å². The van der Waals surface area contributed by atoms with Gasteiger partial charge in [-0.25, -0.2) is 9.36 Å². The highest BCUT2D eigenvalue weighted by molar-refractivity contribution is 7.54. The quantitative estimate of drug-likeness (QED) is 0.185. The van der Waals surface area contributed by atoms with Gasteiger partial charge in [0.25, 0.3) is 5.56 Å². The zero-order valence-corrected chi connectivity index (χ0v) is 23.1. The number of alkyl halides is 1. The zero-order valence-electron chi connectivity index (χ0n) is 20.7. The Bertz CT molecular complexity index is 1350. The summed E-state index contributed by atoms with van der Waals surface area (Å²) in [4.78, 5) is 36.4. The molecule has 38 heavy (non-hydrogen) atoms. The van der Waals surface area contributed by atoms with Crippen molar-refractivity contribution in [3.8, 4) is 17.0 Å². The lowest BCUT2D eigenvalue weighted by atomic mass is 9.99. The second-order valence-corrected chi connectivity index (χ2v) is 11.7. The lowest BCUT2D eigenvalue weighted by Crippen LogP contribution is -2.44. The molecular formula is C24H27Cl2N2O9P. The normalized spacial score (nSPS) is 25.2. The van der Waals surface area contributed by atoms with Crippen molar-refractivity contribution >= 4 is 36.8 Å². The summed E-state index contributed by atoms with van der Waals surface area (Å²) < 4.78 is 37.1. The Morgan fingerprint density at radius 3 is 2.55 bits per heavy atom. The van der Waals surface area contributed by atoms with Crippen molar-refractivity contribution < 1.29 is 33.0 Å². The summed E-state index contributed by atoms with van der Waals surface area (Å²) in [5.41, 5.74) is -1.52. The van der Waals surface area contributed by atoms with Gasteiger partial charge in [0.05, 0.1) is 24.8 Å². The number of para-hydroxylation sites is 1. The van der Waals surface area contributed by atoms with Gasteiger partial charge in [-0.1, -0.05) is 42.6 Å². The third kappa shape index (κ3) is 7.08. The Balaban J connectivity index is 1.86. The molecule has 1 aliphatic heterocycles. The Labute approximate surface area is 228 Å². The molecule has 0 aliphatic carbocycles. The van der Waals surface area contributed by atoms with Gasteiger partial charge in [0.2, 0.25) is 0 Å². The van der Waals surface area contributed by atoms with Crippen LogP contribution < -0.4 is 15.8 Å². The van der Waals surface area contributed by atoms with Crippen LogP contribution in [-0.4, -0.2) is 56.6 Å². The zero-order chi connectivity index (χ0) is 28.1. The molecule has 1 fully saturated rings. The number of rotatable bonds is 10. The SMILES string of the molecule is CC(C)OC(=O)[C@H](C)C[P@](=O)(OC[C@H]1O[C@@H](n2ccc(=O)[nH]c2=O)C(Cl)(C#CCl)[C@H]1O)Oc1ccccc1. The number of carbonyl (C=O) groups excluding carboxylic acids is 1. The number of esters is 1. The number of nitrogens with zero attached hydrogens (tertiary/aromatic N) is 1. The van der Waals surface area contributed by atoms with Crippen LogP contribution in [0.4, 0.5) is 0 Å². The minimum absolute atomic E-state index is 0.227. The van der Waals surface area contributed by atoms with Gasteiger partial charge in [-0.05, 0) is 37.6 Å². The molecule has 1 aromatic carbocycles. The van der Waals surface area contributed by atoms with Crippen LogP contribution in [0.2, 0.25) is 0 Å². The van der Waals surface area contributed by atoms with Gasteiger partial charge in [-0.15, -0.1) is 0 Å². The van der Waals surface area contributed by atoms with Crippen LogP contribution in [0.15, 0.2) is 52.2 Å². The van der Waals surface area contributed by atoms with Crippen molar-refractivity contribution in [2.45, 2.75) is 50.2 Å². The van der Waals surface area contributed by atoms with E-state index in [1.165, 1.54) is 6.92 Å². The third-order valence-electron chi connectivity index (χ3n) is 5.46. The molecule has 1 saturated heterocycles. The fourth-order valence-electron chi connectivity index (χ4n) is 3.68. The van der Waals surface area contributed by atoms with Gasteiger partial charge in [-0.2, -0.15) is 0 Å². The highest BCUT2D eigenvalue weighted by Crippen LogP contribution is 2.51. The minimum atomic E-state index is -4.05. The Morgan fingerprint density at radius 1 is 1.26 bits per heavy atom. The minimum Gasteiger partial charge on any atom is -0.463 e. The van der Waals surface area contributed by atoms with Crippen molar-refractivity contribution in [2.75, 3.05) is 12.8 Å². The molecule has 1 aliphatic rings. The summed E-state index contributed by atoms with van der Waals surface area (Å²) in [7, 11) is -4.05. The van der Waals surface area contributed by atoms with Crippen LogP contribution in [0, 0.1) is 17.2 Å². The van der Waals surface area contributed by atoms with Gasteiger partial charge in [0.1, 0.15) is 18.0 Å². The predicted molar refractivity (Wildman–Crippen MR) is 139 cm³/mol. The van der Waals surface area contributed by atoms with Crippen LogP contribution in [-0.2, 0) is 23.4 Å². The van der Waals surface area contributed by atoms with E-state index in [1.54, 1.807) is 44.2 Å². The first-order valence-corrected chi connectivity index (χ1v) is 14.0. The van der Waals surface area contributed by atoms with E-state index in [0.29, 0.717) is 0 Å². The number of hydrogen-bond acceptors (Lipinski definition) is 9. The van der Waals surface area contributed by atoms with E-state index in [2.05, 4.69) is 16.3 Å². The molecule has 2 heterocycles. The maximum Gasteiger partial charge on any atom is 0.380 e. The number of aliphatic hydroxyl groups is 1. The topological polar surface area (TPSA) is 146 Å². The van der Waals surface area contributed by atoms with E-state index in [9.17, 15) is 24.1 Å². The lowest BCUT2D eigenvalue weighted by Gasteiger charge is -2.25. The predicted octanol–water partition coefficient (Wildman–Crippen LogP) is 2.85. The van der Waals surface area contributed by atoms with E-state index in [1.807, 2.05) is 0 Å². The monoisotopic (exact) mass is 588 g/mol. The van der Waals surface area contributed by atoms with Gasteiger partial charge in [-0.3, -0.25) is 23.7 Å². The second kappa shape index (κ2) is 12.5. The molecule has 0 saturated carbocycles. The summed E-state index contributed by atoms with van der Waals surface area (Å²) in [6.07, 6.45) is -3.85. The molecule has 11 nitrogen and oxygen atoms in total. The number of hydrogen-bond donors (Lipinski definition) is 2. The molecule has 2 aromatic rings.